The van der Waals surface area contributed by atoms with E-state index in [1.165, 1.54) is 17.2 Å². The van der Waals surface area contributed by atoms with Crippen molar-refractivity contribution < 1.29 is 4.79 Å². The number of hydrogen-bond donors (Lipinski definition) is 1. The van der Waals surface area contributed by atoms with Gasteiger partial charge in [-0.15, -0.1) is 0 Å². The highest BCUT2D eigenvalue weighted by molar-refractivity contribution is 6.03. The standard InChI is InChI=1S/C28H25N5O/c1-18-16-19(2)31-28-27(18)23(17-29)25(10-11-26(34)32-21-12-14-30-15-13-21)33(28)24-9-5-7-20-6-3-4-8-22(20)24/h3-4,6,8,10-16,24H,5,7,9H2,1-2H3,(H,30,32,34)/t24-/m0/s1. The molecule has 0 radical (unpaired) electrons. The van der Waals surface area contributed by atoms with Crippen molar-refractivity contribution in [1.29, 1.82) is 5.26 Å². The van der Waals surface area contributed by atoms with Gasteiger partial charge in [-0.05, 0) is 74.1 Å². The Morgan fingerprint density at radius 3 is 2.79 bits per heavy atom. The highest BCUT2D eigenvalue weighted by atomic mass is 16.1. The van der Waals surface area contributed by atoms with Crippen LogP contribution in [0.4, 0.5) is 5.69 Å². The first-order valence-corrected chi connectivity index (χ1v) is 11.5. The number of pyridine rings is 2. The molecule has 3 aromatic heterocycles. The third-order valence-corrected chi connectivity index (χ3v) is 6.42. The number of aromatic nitrogens is 3. The van der Waals surface area contributed by atoms with Gasteiger partial charge in [0.15, 0.2) is 0 Å². The topological polar surface area (TPSA) is 83.6 Å². The van der Waals surface area contributed by atoms with E-state index in [9.17, 15) is 10.1 Å². The number of anilines is 1. The van der Waals surface area contributed by atoms with Crippen LogP contribution >= 0.6 is 0 Å². The van der Waals surface area contributed by atoms with E-state index in [1.807, 2.05) is 19.9 Å². The van der Waals surface area contributed by atoms with Gasteiger partial charge >= 0.3 is 0 Å². The zero-order valence-corrected chi connectivity index (χ0v) is 19.2. The Labute approximate surface area is 198 Å². The average molecular weight is 448 g/mol. The Balaban J connectivity index is 1.68. The van der Waals surface area contributed by atoms with E-state index < -0.39 is 0 Å². The van der Waals surface area contributed by atoms with E-state index in [-0.39, 0.29) is 11.9 Å². The molecule has 0 saturated carbocycles. The monoisotopic (exact) mass is 447 g/mol. The summed E-state index contributed by atoms with van der Waals surface area (Å²) >= 11 is 0. The van der Waals surface area contributed by atoms with Gasteiger partial charge in [0, 0.05) is 35.2 Å². The Kier molecular flexibility index (Phi) is 5.69. The third-order valence-electron chi connectivity index (χ3n) is 6.42. The molecule has 6 heteroatoms. The number of carbonyl (C=O) groups excluding carboxylic acids is 1. The molecule has 6 nitrogen and oxygen atoms in total. The van der Waals surface area contributed by atoms with E-state index >= 15 is 0 Å². The Hall–Kier alpha value is -4.24. The lowest BCUT2D eigenvalue weighted by Crippen LogP contribution is -2.19. The Morgan fingerprint density at radius 1 is 1.21 bits per heavy atom. The number of nitriles is 1. The lowest BCUT2D eigenvalue weighted by molar-refractivity contribution is -0.111. The van der Waals surface area contributed by atoms with E-state index in [0.717, 1.165) is 41.6 Å². The molecule has 0 bridgehead atoms. The van der Waals surface area contributed by atoms with Crippen LogP contribution in [0.2, 0.25) is 0 Å². The molecule has 1 amide bonds. The Morgan fingerprint density at radius 2 is 2.00 bits per heavy atom. The van der Waals surface area contributed by atoms with Crippen molar-refractivity contribution >= 4 is 28.7 Å². The summed E-state index contributed by atoms with van der Waals surface area (Å²) in [5, 5.41) is 13.9. The molecule has 1 aliphatic rings. The number of fused-ring (bicyclic) bond motifs is 2. The zero-order chi connectivity index (χ0) is 23.7. The molecule has 0 unspecified atom stereocenters. The van der Waals surface area contributed by atoms with Gasteiger partial charge < -0.3 is 9.88 Å². The summed E-state index contributed by atoms with van der Waals surface area (Å²) in [5.41, 5.74) is 7.23. The molecular formula is C28H25N5O. The maximum Gasteiger partial charge on any atom is 0.248 e. The molecule has 5 rings (SSSR count). The van der Waals surface area contributed by atoms with Crippen LogP contribution in [0.15, 0.2) is 60.9 Å². The minimum Gasteiger partial charge on any atom is -0.322 e. The lowest BCUT2D eigenvalue weighted by Gasteiger charge is -2.28. The molecule has 0 saturated heterocycles. The second kappa shape index (κ2) is 8.95. The summed E-state index contributed by atoms with van der Waals surface area (Å²) < 4.78 is 2.17. The molecule has 1 aromatic carbocycles. The molecule has 3 heterocycles. The second-order valence-corrected chi connectivity index (χ2v) is 8.69. The minimum absolute atomic E-state index is 0.0474. The predicted molar refractivity (Wildman–Crippen MR) is 133 cm³/mol. The van der Waals surface area contributed by atoms with Gasteiger partial charge in [-0.3, -0.25) is 9.78 Å². The van der Waals surface area contributed by atoms with Gasteiger partial charge in [-0.25, -0.2) is 4.98 Å². The van der Waals surface area contributed by atoms with Crippen LogP contribution in [-0.4, -0.2) is 20.4 Å². The van der Waals surface area contributed by atoms with Crippen molar-refractivity contribution in [2.75, 3.05) is 5.32 Å². The van der Waals surface area contributed by atoms with Gasteiger partial charge in [-0.1, -0.05) is 24.3 Å². The number of aryl methyl sites for hydroxylation is 3. The summed E-state index contributed by atoms with van der Waals surface area (Å²) in [6.45, 7) is 3.99. The predicted octanol–water partition coefficient (Wildman–Crippen LogP) is 5.50. The smallest absolute Gasteiger partial charge is 0.248 e. The minimum atomic E-state index is -0.267. The molecule has 0 fully saturated rings. The summed E-state index contributed by atoms with van der Waals surface area (Å²) in [4.78, 5) is 21.5. The fourth-order valence-corrected chi connectivity index (χ4v) is 5.03. The van der Waals surface area contributed by atoms with Gasteiger partial charge in [0.2, 0.25) is 5.91 Å². The first-order chi connectivity index (χ1) is 16.6. The normalized spacial score (nSPS) is 15.3. The van der Waals surface area contributed by atoms with Crippen molar-refractivity contribution in [2.24, 2.45) is 0 Å². The second-order valence-electron chi connectivity index (χ2n) is 8.69. The molecule has 34 heavy (non-hydrogen) atoms. The molecule has 1 aliphatic carbocycles. The van der Waals surface area contributed by atoms with Crippen LogP contribution in [0.5, 0.6) is 0 Å². The summed E-state index contributed by atoms with van der Waals surface area (Å²) in [5.74, 6) is -0.267. The van der Waals surface area contributed by atoms with E-state index in [0.29, 0.717) is 16.9 Å². The van der Waals surface area contributed by atoms with Crippen molar-refractivity contribution in [1.82, 2.24) is 14.5 Å². The third kappa shape index (κ3) is 3.86. The van der Waals surface area contributed by atoms with Crippen LogP contribution in [0.1, 0.15) is 52.5 Å². The molecule has 1 N–H and O–H groups in total. The number of nitrogens with zero attached hydrogens (tertiary/aromatic N) is 4. The number of nitrogens with one attached hydrogen (secondary N) is 1. The first-order valence-electron chi connectivity index (χ1n) is 11.5. The van der Waals surface area contributed by atoms with Crippen molar-refractivity contribution in [3.8, 4) is 6.07 Å². The van der Waals surface area contributed by atoms with E-state index in [4.69, 9.17) is 4.98 Å². The number of rotatable bonds is 4. The fraction of sp³-hybridized carbons (Fsp3) is 0.214. The number of hydrogen-bond acceptors (Lipinski definition) is 4. The fourth-order valence-electron chi connectivity index (χ4n) is 5.03. The Bertz CT molecular complexity index is 1460. The summed E-state index contributed by atoms with van der Waals surface area (Å²) in [6.07, 6.45) is 9.54. The van der Waals surface area contributed by atoms with E-state index in [1.54, 1.807) is 30.6 Å². The number of carbonyl (C=O) groups is 1. The molecule has 0 aliphatic heterocycles. The SMILES string of the molecule is Cc1cc(C)c2c(C#N)c(C=CC(=O)Nc3ccncc3)n([C@H]3CCCc4ccccc43)c2n1. The van der Waals surface area contributed by atoms with Crippen molar-refractivity contribution in [3.63, 3.8) is 0 Å². The average Bonchev–Trinajstić information content (AvgIpc) is 3.16. The first kappa shape index (κ1) is 21.6. The molecular weight excluding hydrogens is 422 g/mol. The van der Waals surface area contributed by atoms with Gasteiger partial charge in [0.1, 0.15) is 11.7 Å². The van der Waals surface area contributed by atoms with Gasteiger partial charge in [-0.2, -0.15) is 5.26 Å². The largest absolute Gasteiger partial charge is 0.322 e. The van der Waals surface area contributed by atoms with Gasteiger partial charge in [0.25, 0.3) is 0 Å². The maximum atomic E-state index is 12.7. The molecule has 4 aromatic rings. The maximum absolute atomic E-state index is 12.7. The summed E-state index contributed by atoms with van der Waals surface area (Å²) in [7, 11) is 0. The number of amides is 1. The van der Waals surface area contributed by atoms with Gasteiger partial charge in [0.05, 0.1) is 17.3 Å². The molecule has 168 valence electrons. The molecule has 0 spiro atoms. The highest BCUT2D eigenvalue weighted by Crippen LogP contribution is 2.39. The summed E-state index contributed by atoms with van der Waals surface area (Å²) in [6, 6.07) is 16.4. The van der Waals surface area contributed by atoms with Crippen LogP contribution in [0, 0.1) is 25.2 Å². The highest BCUT2D eigenvalue weighted by Gasteiger charge is 2.28. The zero-order valence-electron chi connectivity index (χ0n) is 19.2. The van der Waals surface area contributed by atoms with Crippen molar-refractivity contribution in [3.05, 3.63) is 94.6 Å². The van der Waals surface area contributed by atoms with Crippen molar-refractivity contribution in [2.45, 2.75) is 39.2 Å². The lowest BCUT2D eigenvalue weighted by atomic mass is 9.87. The quantitative estimate of drug-likeness (QED) is 0.419. The van der Waals surface area contributed by atoms with Crippen LogP contribution in [0.3, 0.4) is 0 Å². The van der Waals surface area contributed by atoms with Crippen LogP contribution in [-0.2, 0) is 11.2 Å². The number of benzene rings is 1. The van der Waals surface area contributed by atoms with E-state index in [2.05, 4.69) is 45.2 Å². The van der Waals surface area contributed by atoms with Crippen LogP contribution < -0.4 is 5.32 Å². The van der Waals surface area contributed by atoms with Crippen LogP contribution in [0.25, 0.3) is 17.1 Å². The molecule has 1 atom stereocenters.